The summed E-state index contributed by atoms with van der Waals surface area (Å²) < 4.78 is 0. The van der Waals surface area contributed by atoms with Crippen LogP contribution in [0.25, 0.3) is 0 Å². The van der Waals surface area contributed by atoms with Gasteiger partial charge >= 0.3 is 0 Å². The van der Waals surface area contributed by atoms with Gasteiger partial charge < -0.3 is 10.6 Å². The first-order chi connectivity index (χ1) is 12.6. The Balaban J connectivity index is 1.58. The quantitative estimate of drug-likeness (QED) is 0.674. The molecule has 0 unspecified atom stereocenters. The van der Waals surface area contributed by atoms with Gasteiger partial charge in [-0.3, -0.25) is 19.4 Å². The molecule has 0 spiro atoms. The normalized spacial score (nSPS) is 15.6. The number of benzene rings is 1. The summed E-state index contributed by atoms with van der Waals surface area (Å²) in [6.45, 7) is 7.51. The molecule has 2 amide bonds. The van der Waals surface area contributed by atoms with Crippen LogP contribution in [-0.2, 0) is 16.0 Å². The van der Waals surface area contributed by atoms with Gasteiger partial charge in [-0.1, -0.05) is 30.7 Å². The van der Waals surface area contributed by atoms with E-state index in [9.17, 15) is 9.59 Å². The van der Waals surface area contributed by atoms with Crippen molar-refractivity contribution in [2.24, 2.45) is 0 Å². The molecule has 2 rings (SSSR count). The van der Waals surface area contributed by atoms with Gasteiger partial charge in [-0.25, -0.2) is 0 Å². The number of hydrogen-bond acceptors (Lipinski definition) is 4. The van der Waals surface area contributed by atoms with E-state index in [1.54, 1.807) is 0 Å². The third kappa shape index (κ3) is 7.72. The summed E-state index contributed by atoms with van der Waals surface area (Å²) in [5.74, 6) is 0.133. The summed E-state index contributed by atoms with van der Waals surface area (Å²) in [4.78, 5) is 28.1. The van der Waals surface area contributed by atoms with E-state index in [1.807, 2.05) is 31.2 Å². The highest BCUT2D eigenvalue weighted by Crippen LogP contribution is 2.09. The lowest BCUT2D eigenvalue weighted by Gasteiger charge is -2.33. The Hall–Kier alpha value is -1.63. The fourth-order valence-electron chi connectivity index (χ4n) is 2.89. The molecule has 0 bridgehead atoms. The fraction of sp³-hybridized carbons (Fsp3) is 0.579. The Kier molecular flexibility index (Phi) is 8.88. The molecule has 0 aliphatic carbocycles. The largest absolute Gasteiger partial charge is 0.355 e. The molecule has 6 nitrogen and oxygen atoms in total. The number of nitrogens with one attached hydrogen (secondary N) is 2. The molecular formula is C19H29ClN4O2. The van der Waals surface area contributed by atoms with Crippen molar-refractivity contribution in [2.45, 2.75) is 19.8 Å². The Morgan fingerprint density at radius 1 is 0.923 bits per heavy atom. The van der Waals surface area contributed by atoms with Crippen LogP contribution >= 0.6 is 11.6 Å². The van der Waals surface area contributed by atoms with Crippen molar-refractivity contribution in [3.8, 4) is 0 Å². The molecule has 0 radical (unpaired) electrons. The molecule has 1 heterocycles. The highest BCUT2D eigenvalue weighted by molar-refractivity contribution is 6.30. The first kappa shape index (κ1) is 20.7. The first-order valence-corrected chi connectivity index (χ1v) is 9.67. The topological polar surface area (TPSA) is 64.7 Å². The molecule has 144 valence electrons. The average Bonchev–Trinajstić information content (AvgIpc) is 2.63. The number of piperazine rings is 1. The van der Waals surface area contributed by atoms with Crippen LogP contribution in [0.1, 0.15) is 18.9 Å². The molecule has 1 aromatic carbocycles. The van der Waals surface area contributed by atoms with Crippen molar-refractivity contribution in [1.82, 2.24) is 20.4 Å². The molecule has 1 fully saturated rings. The number of hydrogen-bond donors (Lipinski definition) is 2. The molecule has 1 aliphatic rings. The van der Waals surface area contributed by atoms with Crippen molar-refractivity contribution in [3.05, 3.63) is 34.9 Å². The smallest absolute Gasteiger partial charge is 0.234 e. The summed E-state index contributed by atoms with van der Waals surface area (Å²) in [5, 5.41) is 6.59. The highest BCUT2D eigenvalue weighted by Gasteiger charge is 2.20. The molecule has 2 N–H and O–H groups in total. The van der Waals surface area contributed by atoms with Gasteiger partial charge in [0.2, 0.25) is 11.8 Å². The predicted molar refractivity (Wildman–Crippen MR) is 104 cm³/mol. The lowest BCUT2D eigenvalue weighted by atomic mass is 10.1. The number of amides is 2. The average molecular weight is 381 g/mol. The van der Waals surface area contributed by atoms with Crippen molar-refractivity contribution >= 4 is 23.4 Å². The van der Waals surface area contributed by atoms with Gasteiger partial charge in [0, 0.05) is 44.3 Å². The van der Waals surface area contributed by atoms with E-state index >= 15 is 0 Å². The number of nitrogens with zero attached hydrogens (tertiary/aromatic N) is 2. The Morgan fingerprint density at radius 2 is 1.42 bits per heavy atom. The first-order valence-electron chi connectivity index (χ1n) is 9.29. The third-order valence-corrected chi connectivity index (χ3v) is 4.67. The van der Waals surface area contributed by atoms with E-state index in [1.165, 1.54) is 0 Å². The second-order valence-electron chi connectivity index (χ2n) is 6.63. The van der Waals surface area contributed by atoms with Crippen LogP contribution in [-0.4, -0.2) is 74.0 Å². The maximum Gasteiger partial charge on any atom is 0.234 e. The van der Waals surface area contributed by atoms with Gasteiger partial charge in [-0.05, 0) is 30.5 Å². The van der Waals surface area contributed by atoms with Crippen molar-refractivity contribution in [2.75, 3.05) is 52.4 Å². The molecule has 26 heavy (non-hydrogen) atoms. The van der Waals surface area contributed by atoms with E-state index in [0.717, 1.165) is 56.2 Å². The molecule has 1 aliphatic heterocycles. The van der Waals surface area contributed by atoms with Crippen LogP contribution in [0.3, 0.4) is 0 Å². The molecular weight excluding hydrogens is 352 g/mol. The Labute approximate surface area is 160 Å². The maximum absolute atomic E-state index is 12.1. The van der Waals surface area contributed by atoms with Crippen LogP contribution in [0.15, 0.2) is 24.3 Å². The molecule has 1 saturated heterocycles. The summed E-state index contributed by atoms with van der Waals surface area (Å²) in [7, 11) is 0. The zero-order valence-electron chi connectivity index (χ0n) is 15.5. The SMILES string of the molecule is CCCNC(=O)CN1CCN(CC(=O)NCCc2ccc(Cl)cc2)CC1. The zero-order valence-corrected chi connectivity index (χ0v) is 16.2. The fourth-order valence-corrected chi connectivity index (χ4v) is 3.01. The van der Waals surface area contributed by atoms with Crippen LogP contribution in [0.2, 0.25) is 5.02 Å². The third-order valence-electron chi connectivity index (χ3n) is 4.42. The van der Waals surface area contributed by atoms with Gasteiger partial charge in [0.15, 0.2) is 0 Å². The highest BCUT2D eigenvalue weighted by atomic mass is 35.5. The van der Waals surface area contributed by atoms with E-state index in [2.05, 4.69) is 20.4 Å². The minimum absolute atomic E-state index is 0.0492. The van der Waals surface area contributed by atoms with Crippen molar-refractivity contribution in [3.63, 3.8) is 0 Å². The monoisotopic (exact) mass is 380 g/mol. The number of halogens is 1. The van der Waals surface area contributed by atoms with E-state index in [4.69, 9.17) is 11.6 Å². The van der Waals surface area contributed by atoms with Crippen molar-refractivity contribution in [1.29, 1.82) is 0 Å². The molecule has 0 saturated carbocycles. The lowest BCUT2D eigenvalue weighted by Crippen LogP contribution is -2.51. The maximum atomic E-state index is 12.1. The summed E-state index contributed by atoms with van der Waals surface area (Å²) in [6, 6.07) is 7.68. The van der Waals surface area contributed by atoms with E-state index in [-0.39, 0.29) is 11.8 Å². The molecule has 0 atom stereocenters. The summed E-state index contributed by atoms with van der Waals surface area (Å²) in [6.07, 6.45) is 1.75. The van der Waals surface area contributed by atoms with E-state index in [0.29, 0.717) is 19.6 Å². The van der Waals surface area contributed by atoms with Crippen LogP contribution < -0.4 is 10.6 Å². The minimum Gasteiger partial charge on any atom is -0.355 e. The molecule has 1 aromatic rings. The van der Waals surface area contributed by atoms with Gasteiger partial charge in [0.1, 0.15) is 0 Å². The van der Waals surface area contributed by atoms with Crippen molar-refractivity contribution < 1.29 is 9.59 Å². The van der Waals surface area contributed by atoms with E-state index < -0.39 is 0 Å². The second-order valence-corrected chi connectivity index (χ2v) is 7.07. The van der Waals surface area contributed by atoms with Crippen LogP contribution in [0, 0.1) is 0 Å². The standard InChI is InChI=1S/C19H29ClN4O2/c1-2-8-21-18(25)14-23-10-12-24(13-11-23)15-19(26)22-9-7-16-3-5-17(20)6-4-16/h3-6H,2,7-15H2,1H3,(H,21,25)(H,22,26). The van der Waals surface area contributed by atoms with Crippen LogP contribution in [0.5, 0.6) is 0 Å². The lowest BCUT2D eigenvalue weighted by molar-refractivity contribution is -0.125. The zero-order chi connectivity index (χ0) is 18.8. The van der Waals surface area contributed by atoms with Gasteiger partial charge in [-0.2, -0.15) is 0 Å². The number of carbonyl (C=O) groups excluding carboxylic acids is 2. The van der Waals surface area contributed by atoms with Gasteiger partial charge in [0.25, 0.3) is 0 Å². The van der Waals surface area contributed by atoms with Gasteiger partial charge in [-0.15, -0.1) is 0 Å². The predicted octanol–water partition coefficient (Wildman–Crippen LogP) is 1.14. The number of carbonyl (C=O) groups is 2. The Bertz CT molecular complexity index is 571. The minimum atomic E-state index is 0.0492. The summed E-state index contributed by atoms with van der Waals surface area (Å²) in [5.41, 5.74) is 1.16. The second kappa shape index (κ2) is 11.2. The summed E-state index contributed by atoms with van der Waals surface area (Å²) >= 11 is 5.86. The Morgan fingerprint density at radius 3 is 1.92 bits per heavy atom. The van der Waals surface area contributed by atoms with Crippen LogP contribution in [0.4, 0.5) is 0 Å². The van der Waals surface area contributed by atoms with Gasteiger partial charge in [0.05, 0.1) is 13.1 Å². The molecule has 0 aromatic heterocycles. The molecule has 7 heteroatoms. The number of rotatable bonds is 9.